The summed E-state index contributed by atoms with van der Waals surface area (Å²) < 4.78 is 0. The molecule has 1 aromatic heterocycles. The van der Waals surface area contributed by atoms with Gasteiger partial charge in [0.15, 0.2) is 0 Å². The van der Waals surface area contributed by atoms with E-state index in [1.54, 1.807) is 16.8 Å². The average molecular weight is 269 g/mol. The van der Waals surface area contributed by atoms with Crippen LogP contribution in [-0.4, -0.2) is 16.2 Å². The van der Waals surface area contributed by atoms with E-state index in [-0.39, 0.29) is 6.10 Å². The molecule has 1 N–H and O–H groups in total. The lowest BCUT2D eigenvalue weighted by atomic mass is 9.98. The van der Waals surface area contributed by atoms with Crippen molar-refractivity contribution >= 4 is 22.1 Å². The van der Waals surface area contributed by atoms with Gasteiger partial charge in [0.25, 0.3) is 0 Å². The van der Waals surface area contributed by atoms with Crippen LogP contribution in [0.3, 0.4) is 0 Å². The molecule has 3 heteroatoms. The standard InChI is InChI=1S/C16H15NOS/c18-14(9-15-10-17-11-19-15)8-13-6-3-5-12-4-1-2-7-16(12)13/h1-7,10-11,14,18H,8-9H2. The maximum Gasteiger partial charge on any atom is 0.0794 e. The van der Waals surface area contributed by atoms with E-state index in [4.69, 9.17) is 0 Å². The number of benzene rings is 2. The van der Waals surface area contributed by atoms with E-state index in [2.05, 4.69) is 35.3 Å². The highest BCUT2D eigenvalue weighted by atomic mass is 32.1. The molecule has 0 radical (unpaired) electrons. The summed E-state index contributed by atoms with van der Waals surface area (Å²) in [4.78, 5) is 5.17. The van der Waals surface area contributed by atoms with Gasteiger partial charge in [-0.15, -0.1) is 11.3 Å². The van der Waals surface area contributed by atoms with Crippen molar-refractivity contribution in [2.45, 2.75) is 18.9 Å². The normalized spacial score (nSPS) is 12.7. The first-order valence-corrected chi connectivity index (χ1v) is 7.23. The summed E-state index contributed by atoms with van der Waals surface area (Å²) in [5, 5.41) is 12.7. The fourth-order valence-electron chi connectivity index (χ4n) is 2.37. The summed E-state index contributed by atoms with van der Waals surface area (Å²) in [7, 11) is 0. The Kier molecular flexibility index (Phi) is 3.58. The van der Waals surface area contributed by atoms with Gasteiger partial charge < -0.3 is 5.11 Å². The number of hydrogen-bond donors (Lipinski definition) is 1. The van der Waals surface area contributed by atoms with Gasteiger partial charge in [-0.05, 0) is 22.8 Å². The third kappa shape index (κ3) is 2.83. The van der Waals surface area contributed by atoms with E-state index in [0.717, 1.165) is 4.88 Å². The van der Waals surface area contributed by atoms with Crippen molar-refractivity contribution in [2.75, 3.05) is 0 Å². The molecule has 0 saturated carbocycles. The second kappa shape index (κ2) is 5.51. The molecule has 0 aliphatic rings. The molecule has 0 bridgehead atoms. The summed E-state index contributed by atoms with van der Waals surface area (Å²) in [6.45, 7) is 0. The Balaban J connectivity index is 1.81. The maximum atomic E-state index is 10.2. The van der Waals surface area contributed by atoms with Gasteiger partial charge in [-0.3, -0.25) is 4.98 Å². The average Bonchev–Trinajstić information content (AvgIpc) is 2.92. The predicted molar refractivity (Wildman–Crippen MR) is 79.5 cm³/mol. The Bertz CT molecular complexity index is 658. The zero-order valence-electron chi connectivity index (χ0n) is 10.5. The first-order valence-electron chi connectivity index (χ1n) is 6.35. The van der Waals surface area contributed by atoms with Crippen LogP contribution >= 0.6 is 11.3 Å². The van der Waals surface area contributed by atoms with Gasteiger partial charge >= 0.3 is 0 Å². The lowest BCUT2D eigenvalue weighted by molar-refractivity contribution is 0.176. The topological polar surface area (TPSA) is 33.1 Å². The van der Waals surface area contributed by atoms with E-state index < -0.39 is 0 Å². The Labute approximate surface area is 116 Å². The van der Waals surface area contributed by atoms with Gasteiger partial charge in [0.1, 0.15) is 0 Å². The summed E-state index contributed by atoms with van der Waals surface area (Å²) in [5.41, 5.74) is 3.01. The third-order valence-corrected chi connectivity index (χ3v) is 4.06. The van der Waals surface area contributed by atoms with Crippen LogP contribution < -0.4 is 0 Å². The summed E-state index contributed by atoms with van der Waals surface area (Å²) in [5.74, 6) is 0. The Hall–Kier alpha value is -1.71. The Morgan fingerprint density at radius 1 is 1.05 bits per heavy atom. The molecule has 0 aliphatic carbocycles. The monoisotopic (exact) mass is 269 g/mol. The number of nitrogens with zero attached hydrogens (tertiary/aromatic N) is 1. The predicted octanol–water partition coefficient (Wildman–Crippen LogP) is 3.44. The lowest BCUT2D eigenvalue weighted by Crippen LogP contribution is -2.13. The minimum atomic E-state index is -0.355. The number of hydrogen-bond acceptors (Lipinski definition) is 3. The van der Waals surface area contributed by atoms with E-state index in [9.17, 15) is 5.11 Å². The van der Waals surface area contributed by atoms with Crippen molar-refractivity contribution in [3.63, 3.8) is 0 Å². The van der Waals surface area contributed by atoms with Crippen LogP contribution in [0.5, 0.6) is 0 Å². The molecule has 0 fully saturated rings. The molecule has 2 aromatic carbocycles. The van der Waals surface area contributed by atoms with Crippen molar-refractivity contribution in [3.8, 4) is 0 Å². The number of thiazole rings is 1. The lowest BCUT2D eigenvalue weighted by Gasteiger charge is -2.11. The minimum Gasteiger partial charge on any atom is -0.392 e. The van der Waals surface area contributed by atoms with Crippen LogP contribution in [0.15, 0.2) is 54.2 Å². The van der Waals surface area contributed by atoms with E-state index in [1.807, 2.05) is 18.3 Å². The maximum absolute atomic E-state index is 10.2. The van der Waals surface area contributed by atoms with Crippen LogP contribution in [0.2, 0.25) is 0 Å². The number of fused-ring (bicyclic) bond motifs is 1. The largest absolute Gasteiger partial charge is 0.392 e. The molecule has 0 aliphatic heterocycles. The molecule has 0 saturated heterocycles. The fourth-order valence-corrected chi connectivity index (χ4v) is 3.04. The smallest absolute Gasteiger partial charge is 0.0794 e. The number of aromatic nitrogens is 1. The van der Waals surface area contributed by atoms with Crippen molar-refractivity contribution in [1.29, 1.82) is 0 Å². The number of aliphatic hydroxyl groups is 1. The van der Waals surface area contributed by atoms with Gasteiger partial charge in [-0.2, -0.15) is 0 Å². The van der Waals surface area contributed by atoms with Gasteiger partial charge in [-0.25, -0.2) is 0 Å². The highest BCUT2D eigenvalue weighted by molar-refractivity contribution is 7.09. The summed E-state index contributed by atoms with van der Waals surface area (Å²) in [6.07, 6.45) is 2.83. The van der Waals surface area contributed by atoms with E-state index in [0.29, 0.717) is 12.8 Å². The third-order valence-electron chi connectivity index (χ3n) is 3.26. The van der Waals surface area contributed by atoms with E-state index in [1.165, 1.54) is 16.3 Å². The zero-order chi connectivity index (χ0) is 13.1. The van der Waals surface area contributed by atoms with Crippen LogP contribution in [0, 0.1) is 0 Å². The van der Waals surface area contributed by atoms with Gasteiger partial charge in [0.05, 0.1) is 11.6 Å². The SMILES string of the molecule is OC(Cc1cncs1)Cc1cccc2ccccc12. The minimum absolute atomic E-state index is 0.355. The van der Waals surface area contributed by atoms with Crippen molar-refractivity contribution < 1.29 is 5.11 Å². The van der Waals surface area contributed by atoms with Gasteiger partial charge in [0, 0.05) is 17.5 Å². The molecule has 3 aromatic rings. The number of aliphatic hydroxyl groups excluding tert-OH is 1. The van der Waals surface area contributed by atoms with Crippen LogP contribution in [0.1, 0.15) is 10.4 Å². The van der Waals surface area contributed by atoms with Crippen LogP contribution in [-0.2, 0) is 12.8 Å². The molecule has 96 valence electrons. The zero-order valence-corrected chi connectivity index (χ0v) is 11.3. The fraction of sp³-hybridized carbons (Fsp3) is 0.188. The molecule has 1 unspecified atom stereocenters. The second-order valence-corrected chi connectivity index (χ2v) is 5.64. The van der Waals surface area contributed by atoms with Crippen molar-refractivity contribution in [1.82, 2.24) is 4.98 Å². The first kappa shape index (κ1) is 12.3. The highest BCUT2D eigenvalue weighted by Crippen LogP contribution is 2.21. The molecular weight excluding hydrogens is 254 g/mol. The molecule has 3 rings (SSSR count). The molecule has 2 nitrogen and oxygen atoms in total. The first-order chi connectivity index (χ1) is 9.33. The molecule has 1 heterocycles. The van der Waals surface area contributed by atoms with Crippen LogP contribution in [0.4, 0.5) is 0 Å². The molecule has 0 spiro atoms. The molecule has 1 atom stereocenters. The summed E-state index contributed by atoms with van der Waals surface area (Å²) in [6, 6.07) is 14.6. The van der Waals surface area contributed by atoms with Crippen molar-refractivity contribution in [3.05, 3.63) is 64.6 Å². The molecule has 0 amide bonds. The van der Waals surface area contributed by atoms with Crippen molar-refractivity contribution in [2.24, 2.45) is 0 Å². The van der Waals surface area contributed by atoms with E-state index >= 15 is 0 Å². The van der Waals surface area contributed by atoms with Gasteiger partial charge in [-0.1, -0.05) is 42.5 Å². The van der Waals surface area contributed by atoms with Gasteiger partial charge in [0.2, 0.25) is 0 Å². The molecular formula is C16H15NOS. The Morgan fingerprint density at radius 3 is 2.74 bits per heavy atom. The Morgan fingerprint density at radius 2 is 1.89 bits per heavy atom. The second-order valence-electron chi connectivity index (χ2n) is 4.67. The summed E-state index contributed by atoms with van der Waals surface area (Å²) >= 11 is 1.59. The molecule has 19 heavy (non-hydrogen) atoms. The highest BCUT2D eigenvalue weighted by Gasteiger charge is 2.10. The van der Waals surface area contributed by atoms with Crippen LogP contribution in [0.25, 0.3) is 10.8 Å². The number of rotatable bonds is 4. The quantitative estimate of drug-likeness (QED) is 0.787.